The maximum Gasteiger partial charge on any atom is 0.261 e. The van der Waals surface area contributed by atoms with Crippen LogP contribution in [0.3, 0.4) is 0 Å². The van der Waals surface area contributed by atoms with Crippen LogP contribution in [0, 0.1) is 12.7 Å². The van der Waals surface area contributed by atoms with Gasteiger partial charge in [0.15, 0.2) is 0 Å². The van der Waals surface area contributed by atoms with Crippen LogP contribution < -0.4 is 5.56 Å². The van der Waals surface area contributed by atoms with Gasteiger partial charge in [-0.25, -0.2) is 9.37 Å². The molecule has 28 heavy (non-hydrogen) atoms. The summed E-state index contributed by atoms with van der Waals surface area (Å²) in [4.78, 5) is 18.1. The van der Waals surface area contributed by atoms with Crippen molar-refractivity contribution in [3.8, 4) is 17.1 Å². The minimum atomic E-state index is -0.350. The first-order valence-corrected chi connectivity index (χ1v) is 10.1. The number of benzene rings is 2. The van der Waals surface area contributed by atoms with Gasteiger partial charge in [-0.3, -0.25) is 9.36 Å². The SMILES string of the molecule is CC.Cc1ccc(-n2c(-c3ccccc3Cl)nc3c(c2=O)CCCC3)cc1F. The van der Waals surface area contributed by atoms with E-state index in [1.54, 1.807) is 25.1 Å². The lowest BCUT2D eigenvalue weighted by molar-refractivity contribution is 0.615. The van der Waals surface area contributed by atoms with Gasteiger partial charge in [0.05, 0.1) is 16.4 Å². The van der Waals surface area contributed by atoms with Crippen molar-refractivity contribution in [2.24, 2.45) is 0 Å². The number of aryl methyl sites for hydroxylation is 2. The highest BCUT2D eigenvalue weighted by Crippen LogP contribution is 2.29. The molecule has 0 unspecified atom stereocenters. The molecule has 0 bridgehead atoms. The van der Waals surface area contributed by atoms with Crippen LogP contribution in [0.2, 0.25) is 5.02 Å². The van der Waals surface area contributed by atoms with E-state index in [2.05, 4.69) is 0 Å². The average Bonchev–Trinajstić information content (AvgIpc) is 2.72. The standard InChI is InChI=1S/C21H18ClFN2O.C2H6/c1-13-10-11-14(12-18(13)23)25-20(15-6-2-4-8-17(15)22)24-19-9-5-3-7-16(19)21(25)26;1-2/h2,4,6,8,10-12H,3,5,7,9H2,1H3;1-2H3. The minimum absolute atomic E-state index is 0.132. The largest absolute Gasteiger partial charge is 0.269 e. The third kappa shape index (κ3) is 3.74. The van der Waals surface area contributed by atoms with Gasteiger partial charge in [-0.15, -0.1) is 0 Å². The van der Waals surface area contributed by atoms with Crippen molar-refractivity contribution < 1.29 is 4.39 Å². The Hall–Kier alpha value is -2.46. The molecular weight excluding hydrogens is 375 g/mol. The van der Waals surface area contributed by atoms with Gasteiger partial charge in [-0.2, -0.15) is 0 Å². The summed E-state index contributed by atoms with van der Waals surface area (Å²) in [5, 5.41) is 0.511. The number of aromatic nitrogens is 2. The maximum atomic E-state index is 14.2. The summed E-state index contributed by atoms with van der Waals surface area (Å²) in [6.45, 7) is 5.70. The molecule has 1 aromatic heterocycles. The molecule has 4 rings (SSSR count). The van der Waals surface area contributed by atoms with E-state index in [9.17, 15) is 9.18 Å². The topological polar surface area (TPSA) is 34.9 Å². The summed E-state index contributed by atoms with van der Waals surface area (Å²) in [7, 11) is 0. The van der Waals surface area contributed by atoms with E-state index >= 15 is 0 Å². The smallest absolute Gasteiger partial charge is 0.261 e. The Morgan fingerprint density at radius 1 is 1.07 bits per heavy atom. The van der Waals surface area contributed by atoms with Crippen LogP contribution in [0.5, 0.6) is 0 Å². The molecule has 0 radical (unpaired) electrons. The van der Waals surface area contributed by atoms with Gasteiger partial charge in [0.25, 0.3) is 5.56 Å². The van der Waals surface area contributed by atoms with Gasteiger partial charge in [0.2, 0.25) is 0 Å². The fourth-order valence-corrected chi connectivity index (χ4v) is 3.66. The van der Waals surface area contributed by atoms with Crippen LogP contribution in [0.15, 0.2) is 47.3 Å². The minimum Gasteiger partial charge on any atom is -0.269 e. The van der Waals surface area contributed by atoms with Crippen molar-refractivity contribution in [2.45, 2.75) is 46.5 Å². The molecule has 0 spiro atoms. The van der Waals surface area contributed by atoms with Crippen LogP contribution in [0.25, 0.3) is 17.1 Å². The molecule has 5 heteroatoms. The summed E-state index contributed by atoms with van der Waals surface area (Å²) in [5.41, 5.74) is 3.10. The van der Waals surface area contributed by atoms with Crippen LogP contribution in [0.1, 0.15) is 43.5 Å². The van der Waals surface area contributed by atoms with Gasteiger partial charge >= 0.3 is 0 Å². The molecule has 1 aliphatic rings. The van der Waals surface area contributed by atoms with Gasteiger partial charge in [0, 0.05) is 11.1 Å². The van der Waals surface area contributed by atoms with Gasteiger partial charge in [-0.1, -0.05) is 43.6 Å². The van der Waals surface area contributed by atoms with E-state index in [0.717, 1.165) is 30.5 Å². The molecule has 0 saturated heterocycles. The molecule has 0 atom stereocenters. The summed E-state index contributed by atoms with van der Waals surface area (Å²) in [5.74, 6) is 0.113. The zero-order valence-corrected chi connectivity index (χ0v) is 17.2. The molecule has 146 valence electrons. The first-order valence-electron chi connectivity index (χ1n) is 9.72. The zero-order chi connectivity index (χ0) is 20.3. The average molecular weight is 399 g/mol. The lowest BCUT2D eigenvalue weighted by Gasteiger charge is -2.20. The van der Waals surface area contributed by atoms with Crippen LogP contribution in [-0.2, 0) is 12.8 Å². The fourth-order valence-electron chi connectivity index (χ4n) is 3.44. The second-order valence-corrected chi connectivity index (χ2v) is 7.03. The third-order valence-corrected chi connectivity index (χ3v) is 5.21. The monoisotopic (exact) mass is 398 g/mol. The Morgan fingerprint density at radius 3 is 2.50 bits per heavy atom. The Balaban J connectivity index is 0.00000109. The van der Waals surface area contributed by atoms with Crippen molar-refractivity contribution in [2.75, 3.05) is 0 Å². The molecule has 2 aromatic carbocycles. The number of hydrogen-bond donors (Lipinski definition) is 0. The normalized spacial score (nSPS) is 12.8. The van der Waals surface area contributed by atoms with Gasteiger partial charge < -0.3 is 0 Å². The summed E-state index contributed by atoms with van der Waals surface area (Å²) < 4.78 is 15.7. The van der Waals surface area contributed by atoms with Crippen molar-refractivity contribution >= 4 is 11.6 Å². The molecule has 1 heterocycles. The van der Waals surface area contributed by atoms with E-state index in [1.165, 1.54) is 10.6 Å². The first-order chi connectivity index (χ1) is 13.6. The number of fused-ring (bicyclic) bond motifs is 1. The molecule has 0 aliphatic heterocycles. The quantitative estimate of drug-likeness (QED) is 0.538. The molecule has 0 fully saturated rings. The molecule has 3 aromatic rings. The first kappa shape index (κ1) is 20.3. The Kier molecular flexibility index (Phi) is 6.30. The summed E-state index contributed by atoms with van der Waals surface area (Å²) in [6, 6.07) is 12.1. The van der Waals surface area contributed by atoms with Crippen molar-refractivity contribution in [3.05, 3.63) is 80.5 Å². The Labute approximate surface area is 169 Å². The lowest BCUT2D eigenvalue weighted by atomic mass is 9.96. The van der Waals surface area contributed by atoms with Crippen LogP contribution in [0.4, 0.5) is 4.39 Å². The molecular formula is C23H24ClFN2O. The van der Waals surface area contributed by atoms with E-state index in [1.807, 2.05) is 32.0 Å². The summed E-state index contributed by atoms with van der Waals surface area (Å²) >= 11 is 6.38. The number of nitrogens with zero attached hydrogens (tertiary/aromatic N) is 2. The summed E-state index contributed by atoms with van der Waals surface area (Å²) in [6.07, 6.45) is 3.48. The second-order valence-electron chi connectivity index (χ2n) is 6.62. The van der Waals surface area contributed by atoms with Crippen molar-refractivity contribution in [3.63, 3.8) is 0 Å². The van der Waals surface area contributed by atoms with Crippen LogP contribution in [-0.4, -0.2) is 9.55 Å². The Morgan fingerprint density at radius 2 is 1.79 bits per heavy atom. The highest BCUT2D eigenvalue weighted by Gasteiger charge is 2.22. The zero-order valence-electron chi connectivity index (χ0n) is 16.4. The predicted molar refractivity (Wildman–Crippen MR) is 113 cm³/mol. The van der Waals surface area contributed by atoms with E-state index in [0.29, 0.717) is 34.1 Å². The van der Waals surface area contributed by atoms with Gasteiger partial charge in [0.1, 0.15) is 11.6 Å². The molecule has 0 saturated carbocycles. The number of hydrogen-bond acceptors (Lipinski definition) is 2. The van der Waals surface area contributed by atoms with E-state index < -0.39 is 0 Å². The lowest BCUT2D eigenvalue weighted by Crippen LogP contribution is -2.29. The molecule has 3 nitrogen and oxygen atoms in total. The van der Waals surface area contributed by atoms with Crippen molar-refractivity contribution in [1.82, 2.24) is 9.55 Å². The highest BCUT2D eigenvalue weighted by molar-refractivity contribution is 6.33. The van der Waals surface area contributed by atoms with Crippen LogP contribution >= 0.6 is 11.6 Å². The van der Waals surface area contributed by atoms with Crippen molar-refractivity contribution in [1.29, 1.82) is 0 Å². The van der Waals surface area contributed by atoms with Gasteiger partial charge in [-0.05, 0) is 62.4 Å². The highest BCUT2D eigenvalue weighted by atomic mass is 35.5. The molecule has 0 N–H and O–H groups in total. The predicted octanol–water partition coefficient (Wildman–Crippen LogP) is 5.91. The Bertz CT molecular complexity index is 1060. The molecule has 1 aliphatic carbocycles. The number of halogens is 2. The number of rotatable bonds is 2. The molecule has 0 amide bonds. The third-order valence-electron chi connectivity index (χ3n) is 4.88. The van der Waals surface area contributed by atoms with E-state index in [-0.39, 0.29) is 11.4 Å². The maximum absolute atomic E-state index is 14.2. The fraction of sp³-hybridized carbons (Fsp3) is 0.304. The van der Waals surface area contributed by atoms with E-state index in [4.69, 9.17) is 16.6 Å². The second kappa shape index (κ2) is 8.70.